The molecule has 0 bridgehead atoms. The molecule has 0 spiro atoms. The van der Waals surface area contributed by atoms with Gasteiger partial charge in [-0.1, -0.05) is 15.9 Å². The summed E-state index contributed by atoms with van der Waals surface area (Å²) in [6, 6.07) is 6.77. The van der Waals surface area contributed by atoms with Gasteiger partial charge in [-0.3, -0.25) is 4.90 Å². The van der Waals surface area contributed by atoms with E-state index in [1.54, 1.807) is 28.6 Å². The molecule has 1 aliphatic rings. The fraction of sp³-hybridized carbons (Fsp3) is 0.571. The third-order valence-electron chi connectivity index (χ3n) is 3.41. The molecule has 0 amide bonds. The number of nitrogens with zero attached hydrogens (tertiary/aromatic N) is 2. The molecule has 0 radical (unpaired) electrons. The standard InChI is InChI=1S/C14H22BrN3O2S.ClH/c1-14(2,16)11-17-7-9-18(10-8-17)21(19,20)13-5-3-12(15)4-6-13;/h3-6H,7-11,16H2,1-2H3;1H. The maximum atomic E-state index is 12.6. The quantitative estimate of drug-likeness (QED) is 0.820. The minimum atomic E-state index is -3.39. The van der Waals surface area contributed by atoms with Crippen LogP contribution in [0.25, 0.3) is 0 Å². The van der Waals surface area contributed by atoms with Gasteiger partial charge in [-0.15, -0.1) is 12.4 Å². The summed E-state index contributed by atoms with van der Waals surface area (Å²) in [4.78, 5) is 2.56. The van der Waals surface area contributed by atoms with E-state index in [0.29, 0.717) is 18.0 Å². The van der Waals surface area contributed by atoms with E-state index in [0.717, 1.165) is 24.1 Å². The van der Waals surface area contributed by atoms with Gasteiger partial charge in [0, 0.05) is 42.7 Å². The van der Waals surface area contributed by atoms with Crippen molar-refractivity contribution in [3.05, 3.63) is 28.7 Å². The van der Waals surface area contributed by atoms with Crippen molar-refractivity contribution in [2.45, 2.75) is 24.3 Å². The van der Waals surface area contributed by atoms with Gasteiger partial charge in [0.1, 0.15) is 0 Å². The van der Waals surface area contributed by atoms with Crippen LogP contribution in [0.4, 0.5) is 0 Å². The Morgan fingerprint density at radius 1 is 1.14 bits per heavy atom. The molecule has 0 atom stereocenters. The van der Waals surface area contributed by atoms with E-state index in [9.17, 15) is 8.42 Å². The molecule has 0 aliphatic carbocycles. The second-order valence-electron chi connectivity index (χ2n) is 6.12. The summed E-state index contributed by atoms with van der Waals surface area (Å²) in [5.41, 5.74) is 5.76. The fourth-order valence-electron chi connectivity index (χ4n) is 2.46. The highest BCUT2D eigenvalue weighted by Crippen LogP contribution is 2.20. The molecule has 126 valence electrons. The van der Waals surface area contributed by atoms with Crippen LogP contribution in [0.2, 0.25) is 0 Å². The molecule has 1 heterocycles. The maximum absolute atomic E-state index is 12.6. The van der Waals surface area contributed by atoms with Crippen LogP contribution >= 0.6 is 28.3 Å². The molecule has 0 saturated carbocycles. The highest BCUT2D eigenvalue weighted by molar-refractivity contribution is 9.10. The third-order valence-corrected chi connectivity index (χ3v) is 5.86. The highest BCUT2D eigenvalue weighted by atomic mass is 79.9. The number of sulfonamides is 1. The van der Waals surface area contributed by atoms with E-state index in [4.69, 9.17) is 5.73 Å². The number of hydrogen-bond acceptors (Lipinski definition) is 4. The number of benzene rings is 1. The van der Waals surface area contributed by atoms with E-state index >= 15 is 0 Å². The first-order valence-electron chi connectivity index (χ1n) is 6.95. The van der Waals surface area contributed by atoms with Crippen molar-refractivity contribution in [3.63, 3.8) is 0 Å². The normalized spacial score (nSPS) is 18.0. The molecular weight excluding hydrogens is 390 g/mol. The van der Waals surface area contributed by atoms with Crippen molar-refractivity contribution < 1.29 is 8.42 Å². The van der Waals surface area contributed by atoms with Crippen LogP contribution in [-0.4, -0.2) is 55.9 Å². The van der Waals surface area contributed by atoms with Crippen LogP contribution in [0.1, 0.15) is 13.8 Å². The van der Waals surface area contributed by atoms with E-state index in [2.05, 4.69) is 20.8 Å². The van der Waals surface area contributed by atoms with Gasteiger partial charge in [0.25, 0.3) is 0 Å². The first-order valence-corrected chi connectivity index (χ1v) is 9.19. The van der Waals surface area contributed by atoms with Crippen LogP contribution in [0, 0.1) is 0 Å². The summed E-state index contributed by atoms with van der Waals surface area (Å²) in [5.74, 6) is 0. The van der Waals surface area contributed by atoms with Crippen molar-refractivity contribution in [1.82, 2.24) is 9.21 Å². The fourth-order valence-corrected chi connectivity index (χ4v) is 4.15. The van der Waals surface area contributed by atoms with Crippen LogP contribution < -0.4 is 5.73 Å². The largest absolute Gasteiger partial charge is 0.324 e. The summed E-state index contributed by atoms with van der Waals surface area (Å²) >= 11 is 3.32. The number of halogens is 2. The second-order valence-corrected chi connectivity index (χ2v) is 8.98. The third kappa shape index (κ3) is 5.18. The van der Waals surface area contributed by atoms with E-state index in [-0.39, 0.29) is 17.9 Å². The first kappa shape index (κ1) is 19.9. The monoisotopic (exact) mass is 411 g/mol. The Balaban J connectivity index is 0.00000242. The van der Waals surface area contributed by atoms with Crippen LogP contribution in [0.3, 0.4) is 0 Å². The van der Waals surface area contributed by atoms with Crippen molar-refractivity contribution in [1.29, 1.82) is 0 Å². The smallest absolute Gasteiger partial charge is 0.243 e. The molecule has 1 aliphatic heterocycles. The number of rotatable bonds is 4. The summed E-state index contributed by atoms with van der Waals surface area (Å²) in [6.45, 7) is 7.20. The molecule has 1 aromatic rings. The minimum Gasteiger partial charge on any atom is -0.324 e. The van der Waals surface area contributed by atoms with Crippen molar-refractivity contribution >= 4 is 38.4 Å². The van der Waals surface area contributed by atoms with E-state index in [1.165, 1.54) is 0 Å². The number of nitrogens with two attached hydrogens (primary N) is 1. The summed E-state index contributed by atoms with van der Waals surface area (Å²) in [5, 5.41) is 0. The molecule has 5 nitrogen and oxygen atoms in total. The molecule has 8 heteroatoms. The summed E-state index contributed by atoms with van der Waals surface area (Å²) < 4.78 is 27.5. The molecule has 2 N–H and O–H groups in total. The Bertz CT molecular complexity index is 579. The van der Waals surface area contributed by atoms with Crippen LogP contribution in [-0.2, 0) is 10.0 Å². The molecule has 1 saturated heterocycles. The Kier molecular flexibility index (Phi) is 6.86. The van der Waals surface area contributed by atoms with Gasteiger partial charge in [0.15, 0.2) is 0 Å². The van der Waals surface area contributed by atoms with Gasteiger partial charge in [-0.2, -0.15) is 4.31 Å². The summed E-state index contributed by atoms with van der Waals surface area (Å²) in [6.07, 6.45) is 0. The Morgan fingerprint density at radius 3 is 2.09 bits per heavy atom. The lowest BCUT2D eigenvalue weighted by Crippen LogP contribution is -2.53. The lowest BCUT2D eigenvalue weighted by molar-refractivity contribution is 0.162. The molecule has 0 unspecified atom stereocenters. The number of hydrogen-bond donors (Lipinski definition) is 1. The molecule has 22 heavy (non-hydrogen) atoms. The lowest BCUT2D eigenvalue weighted by Gasteiger charge is -2.37. The maximum Gasteiger partial charge on any atom is 0.243 e. The highest BCUT2D eigenvalue weighted by Gasteiger charge is 2.29. The molecule has 1 fully saturated rings. The SMILES string of the molecule is CC(C)(N)CN1CCN(S(=O)(=O)c2ccc(Br)cc2)CC1.Cl. The van der Waals surface area contributed by atoms with Gasteiger partial charge >= 0.3 is 0 Å². The average molecular weight is 413 g/mol. The zero-order valence-corrected chi connectivity index (χ0v) is 16.0. The second kappa shape index (κ2) is 7.59. The topological polar surface area (TPSA) is 66.6 Å². The first-order chi connectivity index (χ1) is 9.68. The van der Waals surface area contributed by atoms with Gasteiger partial charge in [0.05, 0.1) is 4.90 Å². The van der Waals surface area contributed by atoms with Crippen molar-refractivity contribution in [2.24, 2.45) is 5.73 Å². The predicted molar refractivity (Wildman–Crippen MR) is 94.9 cm³/mol. The lowest BCUT2D eigenvalue weighted by atomic mass is 10.1. The predicted octanol–water partition coefficient (Wildman–Crippen LogP) is 1.91. The molecule has 0 aromatic heterocycles. The zero-order valence-electron chi connectivity index (χ0n) is 12.8. The van der Waals surface area contributed by atoms with Crippen molar-refractivity contribution in [2.75, 3.05) is 32.7 Å². The van der Waals surface area contributed by atoms with Gasteiger partial charge in [-0.05, 0) is 38.1 Å². The van der Waals surface area contributed by atoms with Gasteiger partial charge in [-0.25, -0.2) is 8.42 Å². The van der Waals surface area contributed by atoms with E-state index in [1.807, 2.05) is 13.8 Å². The Morgan fingerprint density at radius 2 is 1.64 bits per heavy atom. The minimum absolute atomic E-state index is 0. The Labute approximate surface area is 147 Å². The number of piperazine rings is 1. The Hall–Kier alpha value is -0.180. The van der Waals surface area contributed by atoms with Crippen LogP contribution in [0.5, 0.6) is 0 Å². The molecule has 2 rings (SSSR count). The average Bonchev–Trinajstić information content (AvgIpc) is 2.38. The molecule has 1 aromatic carbocycles. The van der Waals surface area contributed by atoms with Gasteiger partial charge < -0.3 is 5.73 Å². The molecular formula is C14H23BrClN3O2S. The van der Waals surface area contributed by atoms with E-state index < -0.39 is 10.0 Å². The summed E-state index contributed by atoms with van der Waals surface area (Å²) in [7, 11) is -3.39. The van der Waals surface area contributed by atoms with Crippen LogP contribution in [0.15, 0.2) is 33.6 Å². The zero-order chi connectivity index (χ0) is 15.7. The van der Waals surface area contributed by atoms with Gasteiger partial charge in [0.2, 0.25) is 10.0 Å². The van der Waals surface area contributed by atoms with Crippen molar-refractivity contribution in [3.8, 4) is 0 Å².